The summed E-state index contributed by atoms with van der Waals surface area (Å²) in [5, 5.41) is 3.76. The second-order valence-electron chi connectivity index (χ2n) is 6.13. The van der Waals surface area contributed by atoms with Crippen molar-refractivity contribution >= 4 is 22.8 Å². The summed E-state index contributed by atoms with van der Waals surface area (Å²) in [4.78, 5) is 23.9. The van der Waals surface area contributed by atoms with Gasteiger partial charge in [0.1, 0.15) is 6.54 Å². The Bertz CT molecular complexity index is 995. The van der Waals surface area contributed by atoms with Crippen molar-refractivity contribution in [3.63, 3.8) is 0 Å². The fourth-order valence-corrected chi connectivity index (χ4v) is 2.91. The van der Waals surface area contributed by atoms with Gasteiger partial charge in [-0.05, 0) is 35.2 Å². The number of nitrogens with one attached hydrogen (secondary N) is 1. The molecule has 4 rings (SSSR count). The van der Waals surface area contributed by atoms with E-state index in [1.165, 1.54) is 0 Å². The molecular formula is C20H18N2O5. The number of nitrogens with zero attached hydrogens (tertiary/aromatic N) is 1. The summed E-state index contributed by atoms with van der Waals surface area (Å²) in [5.74, 6) is 0.525. The first-order chi connectivity index (χ1) is 13.2. The maximum atomic E-state index is 12.0. The maximum absolute atomic E-state index is 12.0. The molecule has 1 aliphatic rings. The first-order valence-electron chi connectivity index (χ1n) is 8.54. The Kier molecular flexibility index (Phi) is 4.65. The first kappa shape index (κ1) is 17.0. The van der Waals surface area contributed by atoms with Gasteiger partial charge in [0.2, 0.25) is 6.79 Å². The van der Waals surface area contributed by atoms with Crippen molar-refractivity contribution in [1.29, 1.82) is 0 Å². The Morgan fingerprint density at radius 3 is 2.85 bits per heavy atom. The lowest BCUT2D eigenvalue weighted by Crippen LogP contribution is -2.29. The average molecular weight is 366 g/mol. The lowest BCUT2D eigenvalue weighted by molar-refractivity contribution is -0.149. The molecule has 3 aromatic rings. The number of amides is 1. The van der Waals surface area contributed by atoms with Crippen LogP contribution in [0.3, 0.4) is 0 Å². The van der Waals surface area contributed by atoms with E-state index in [1.54, 1.807) is 10.6 Å². The minimum absolute atomic E-state index is 0.0585. The van der Waals surface area contributed by atoms with Crippen LogP contribution in [-0.4, -0.2) is 29.8 Å². The van der Waals surface area contributed by atoms with Crippen molar-refractivity contribution in [3.8, 4) is 11.5 Å². The highest BCUT2D eigenvalue weighted by Crippen LogP contribution is 2.32. The first-order valence-corrected chi connectivity index (χ1v) is 8.54. The van der Waals surface area contributed by atoms with Gasteiger partial charge in [0.05, 0.1) is 0 Å². The molecule has 1 amide bonds. The van der Waals surface area contributed by atoms with Crippen molar-refractivity contribution in [2.75, 3.05) is 13.4 Å². The van der Waals surface area contributed by atoms with E-state index in [0.29, 0.717) is 18.0 Å². The monoisotopic (exact) mass is 366 g/mol. The lowest BCUT2D eigenvalue weighted by atomic mass is 10.2. The van der Waals surface area contributed by atoms with Crippen molar-refractivity contribution < 1.29 is 23.8 Å². The van der Waals surface area contributed by atoms with Crippen LogP contribution < -0.4 is 14.8 Å². The van der Waals surface area contributed by atoms with E-state index < -0.39 is 5.97 Å². The number of hydrogen-bond acceptors (Lipinski definition) is 5. The van der Waals surface area contributed by atoms with Gasteiger partial charge in [-0.15, -0.1) is 0 Å². The number of fused-ring (bicyclic) bond motifs is 2. The van der Waals surface area contributed by atoms with Crippen LogP contribution in [0.15, 0.2) is 54.7 Å². The molecule has 2 heterocycles. The number of hydrogen-bond donors (Lipinski definition) is 1. The van der Waals surface area contributed by atoms with Crippen LogP contribution in [0.1, 0.15) is 5.56 Å². The van der Waals surface area contributed by atoms with E-state index >= 15 is 0 Å². The predicted molar refractivity (Wildman–Crippen MR) is 97.3 cm³/mol. The minimum atomic E-state index is -0.463. The summed E-state index contributed by atoms with van der Waals surface area (Å²) < 4.78 is 17.4. The molecule has 1 N–H and O–H groups in total. The quantitative estimate of drug-likeness (QED) is 0.677. The second kappa shape index (κ2) is 7.41. The Hall–Kier alpha value is -3.48. The summed E-state index contributed by atoms with van der Waals surface area (Å²) >= 11 is 0. The summed E-state index contributed by atoms with van der Waals surface area (Å²) in [6.45, 7) is 0.262. The van der Waals surface area contributed by atoms with Gasteiger partial charge in [0.25, 0.3) is 5.91 Å². The predicted octanol–water partition coefficient (Wildman–Crippen LogP) is 2.23. The summed E-state index contributed by atoms with van der Waals surface area (Å²) in [5.41, 5.74) is 1.82. The van der Waals surface area contributed by atoms with E-state index in [1.807, 2.05) is 48.7 Å². The molecule has 27 heavy (non-hydrogen) atoms. The molecule has 1 aromatic heterocycles. The topological polar surface area (TPSA) is 78.8 Å². The Balaban J connectivity index is 1.24. The molecule has 0 saturated heterocycles. The van der Waals surface area contributed by atoms with Gasteiger partial charge >= 0.3 is 5.97 Å². The van der Waals surface area contributed by atoms with E-state index in [9.17, 15) is 9.59 Å². The van der Waals surface area contributed by atoms with Crippen LogP contribution in [0.5, 0.6) is 11.5 Å². The number of esters is 1. The van der Waals surface area contributed by atoms with Crippen LogP contribution in [-0.2, 0) is 27.4 Å². The molecule has 0 radical (unpaired) electrons. The average Bonchev–Trinajstić information content (AvgIpc) is 3.31. The van der Waals surface area contributed by atoms with Crippen LogP contribution in [0.2, 0.25) is 0 Å². The largest absolute Gasteiger partial charge is 0.454 e. The van der Waals surface area contributed by atoms with Gasteiger partial charge in [-0.25, -0.2) is 0 Å². The SMILES string of the molecule is O=C(COC(=O)Cn1ccc2ccccc21)NCc1ccc2c(c1)OCO2. The third kappa shape index (κ3) is 3.87. The summed E-state index contributed by atoms with van der Waals surface area (Å²) in [6, 6.07) is 15.1. The molecule has 0 unspecified atom stereocenters. The smallest absolute Gasteiger partial charge is 0.326 e. The normalized spacial score (nSPS) is 12.1. The fourth-order valence-electron chi connectivity index (χ4n) is 2.91. The zero-order valence-corrected chi connectivity index (χ0v) is 14.5. The van der Waals surface area contributed by atoms with Gasteiger partial charge in [-0.1, -0.05) is 24.3 Å². The summed E-state index contributed by atoms with van der Waals surface area (Å²) in [6.07, 6.45) is 1.83. The van der Waals surface area contributed by atoms with Gasteiger partial charge in [-0.3, -0.25) is 9.59 Å². The lowest BCUT2D eigenvalue weighted by Gasteiger charge is -2.08. The van der Waals surface area contributed by atoms with E-state index in [4.69, 9.17) is 14.2 Å². The van der Waals surface area contributed by atoms with Gasteiger partial charge < -0.3 is 24.1 Å². The van der Waals surface area contributed by atoms with Crippen LogP contribution in [0, 0.1) is 0 Å². The number of para-hydroxylation sites is 1. The van der Waals surface area contributed by atoms with E-state index in [0.717, 1.165) is 16.5 Å². The Morgan fingerprint density at radius 2 is 1.93 bits per heavy atom. The molecule has 0 atom stereocenters. The molecule has 0 aliphatic carbocycles. The van der Waals surface area contributed by atoms with E-state index in [-0.39, 0.29) is 25.9 Å². The molecule has 2 aromatic carbocycles. The molecule has 138 valence electrons. The molecule has 0 bridgehead atoms. The number of carbonyl (C=O) groups is 2. The second-order valence-corrected chi connectivity index (χ2v) is 6.13. The zero-order valence-electron chi connectivity index (χ0n) is 14.5. The highest BCUT2D eigenvalue weighted by molar-refractivity contribution is 5.83. The molecule has 0 fully saturated rings. The van der Waals surface area contributed by atoms with Crippen LogP contribution in [0.25, 0.3) is 10.9 Å². The van der Waals surface area contributed by atoms with Gasteiger partial charge in [-0.2, -0.15) is 0 Å². The van der Waals surface area contributed by atoms with Crippen LogP contribution >= 0.6 is 0 Å². The zero-order chi connectivity index (χ0) is 18.6. The molecular weight excluding hydrogens is 348 g/mol. The van der Waals surface area contributed by atoms with Crippen molar-refractivity contribution in [2.24, 2.45) is 0 Å². The highest BCUT2D eigenvalue weighted by Gasteiger charge is 2.14. The third-order valence-electron chi connectivity index (χ3n) is 4.27. The van der Waals surface area contributed by atoms with E-state index in [2.05, 4.69) is 5.32 Å². The number of ether oxygens (including phenoxy) is 3. The summed E-state index contributed by atoms with van der Waals surface area (Å²) in [7, 11) is 0. The number of benzene rings is 2. The molecule has 0 saturated carbocycles. The van der Waals surface area contributed by atoms with Crippen molar-refractivity contribution in [1.82, 2.24) is 9.88 Å². The van der Waals surface area contributed by atoms with Gasteiger partial charge in [0.15, 0.2) is 18.1 Å². The third-order valence-corrected chi connectivity index (χ3v) is 4.27. The molecule has 7 nitrogen and oxygen atoms in total. The van der Waals surface area contributed by atoms with Crippen molar-refractivity contribution in [2.45, 2.75) is 13.1 Å². The van der Waals surface area contributed by atoms with Gasteiger partial charge in [0, 0.05) is 18.3 Å². The molecule has 7 heteroatoms. The highest BCUT2D eigenvalue weighted by atomic mass is 16.7. The fraction of sp³-hybridized carbons (Fsp3) is 0.200. The number of aromatic nitrogens is 1. The molecule has 1 aliphatic heterocycles. The van der Waals surface area contributed by atoms with Crippen LogP contribution in [0.4, 0.5) is 0 Å². The standard InChI is InChI=1S/C20H18N2O5/c23-19(21-10-14-5-6-17-18(9-14)27-13-26-17)12-25-20(24)11-22-8-7-15-3-1-2-4-16(15)22/h1-9H,10-13H2,(H,21,23). The molecule has 0 spiro atoms. The number of carbonyl (C=O) groups excluding carboxylic acids is 2. The Labute approximate surface area is 155 Å². The Morgan fingerprint density at radius 1 is 1.07 bits per heavy atom. The minimum Gasteiger partial charge on any atom is -0.454 e. The van der Waals surface area contributed by atoms with Crippen molar-refractivity contribution in [3.05, 3.63) is 60.3 Å². The maximum Gasteiger partial charge on any atom is 0.326 e. The number of rotatable bonds is 6.